The molecule has 0 saturated heterocycles. The van der Waals surface area contributed by atoms with Gasteiger partial charge >= 0.3 is 35.2 Å². The Bertz CT molecular complexity index is 587. The van der Waals surface area contributed by atoms with Crippen molar-refractivity contribution in [1.82, 2.24) is 0 Å². The van der Waals surface area contributed by atoms with Crippen LogP contribution in [0.15, 0.2) is 0 Å². The summed E-state index contributed by atoms with van der Waals surface area (Å²) in [6.07, 6.45) is 3.01. The molecule has 0 bridgehead atoms. The summed E-state index contributed by atoms with van der Waals surface area (Å²) < 4.78 is 44.3. The molecule has 360 valence electrons. The molecule has 20 heteroatoms. The topological polar surface area (TPSA) is 259 Å². The molecule has 0 aliphatic carbocycles. The Morgan fingerprint density at radius 1 is 0.321 bits per heavy atom. The first-order chi connectivity index (χ1) is 22.7. The molecule has 0 rings (SSSR count). The Morgan fingerprint density at radius 3 is 0.679 bits per heavy atom. The van der Waals surface area contributed by atoms with E-state index in [9.17, 15) is 4.80 Å². The molecule has 0 aromatic carbocycles. The Hall–Kier alpha value is 0.228. The quantitative estimate of drug-likeness (QED) is 0.0393. The molecule has 0 radical (unpaired) electrons. The van der Waals surface area contributed by atoms with Crippen LogP contribution in [0.2, 0.25) is 24.2 Å². The van der Waals surface area contributed by atoms with Gasteiger partial charge in [0.05, 0.1) is 0 Å². The van der Waals surface area contributed by atoms with Gasteiger partial charge < -0.3 is 77.5 Å². The molecule has 0 aromatic rings. The van der Waals surface area contributed by atoms with Crippen LogP contribution in [-0.4, -0.2) is 133 Å². The van der Waals surface area contributed by atoms with E-state index in [0.29, 0.717) is 91.5 Å². The van der Waals surface area contributed by atoms with Crippen molar-refractivity contribution in [3.8, 4) is 0 Å². The van der Waals surface area contributed by atoms with Crippen molar-refractivity contribution >= 4 is 35.2 Å². The fourth-order valence-corrected chi connectivity index (χ4v) is 11.8. The van der Waals surface area contributed by atoms with Crippen molar-refractivity contribution in [3.05, 3.63) is 0 Å². The minimum Gasteiger partial charge on any atom is -0.390 e. The molecule has 0 aliphatic rings. The Balaban J connectivity index is -0.0000000447. The highest BCUT2D eigenvalue weighted by Gasteiger charge is 2.40. The van der Waals surface area contributed by atoms with Crippen molar-refractivity contribution < 1.29 is 54.6 Å². The van der Waals surface area contributed by atoms with Crippen LogP contribution < -0.4 is 22.9 Å². The first-order valence-electron chi connectivity index (χ1n) is 17.5. The van der Waals surface area contributed by atoms with Gasteiger partial charge in [0, 0.05) is 77.0 Å². The Morgan fingerprint density at radius 2 is 0.518 bits per heavy atom. The molecule has 0 aliphatic heterocycles. The largest absolute Gasteiger partial charge is 0.500 e. The molecule has 0 saturated carbocycles. The van der Waals surface area contributed by atoms with Crippen molar-refractivity contribution in [2.75, 3.05) is 79.0 Å². The smallest absolute Gasteiger partial charge is 0.390 e. The maximum Gasteiger partial charge on any atom is 0.500 e. The molecule has 12 N–H and O–H groups in total. The standard InChI is InChI=1S/2C9H23NO3Si.C7H19NO3Si.C3H11NO3Si.8CH4/c2*1-4-11-14(12-5-2,13-6-3)9-7-8-10;1-3-10-12(9,11-4-2)7-5-6-8;4-2-1-3-8(5,6)7;;;;;;;;/h2*4-10H2,1-3H3;9H,3-8H2,1-2H3;5-7H,1-4H2;8*1H4. The van der Waals surface area contributed by atoms with Crippen LogP contribution in [-0.2, 0) is 35.4 Å². The van der Waals surface area contributed by atoms with Crippen LogP contribution in [0.4, 0.5) is 0 Å². The highest BCUT2D eigenvalue weighted by molar-refractivity contribution is 6.61. The summed E-state index contributed by atoms with van der Waals surface area (Å²) in [5.74, 6) is 0. The van der Waals surface area contributed by atoms with E-state index in [0.717, 1.165) is 31.4 Å². The van der Waals surface area contributed by atoms with E-state index in [-0.39, 0.29) is 65.5 Å². The maximum absolute atomic E-state index is 9.78. The molecule has 0 spiro atoms. The van der Waals surface area contributed by atoms with Gasteiger partial charge in [-0.1, -0.05) is 59.4 Å². The predicted molar refractivity (Wildman–Crippen MR) is 253 cm³/mol. The molecule has 0 aromatic heterocycles. The summed E-state index contributed by atoms with van der Waals surface area (Å²) in [5.41, 5.74) is 21.3. The second-order valence-corrected chi connectivity index (χ2v) is 19.9. The van der Waals surface area contributed by atoms with Gasteiger partial charge in [-0.15, -0.1) is 0 Å². The maximum atomic E-state index is 9.78. The molecular weight excluding hydrogens is 793 g/mol. The molecule has 0 fully saturated rings. The number of hydrogen-bond acceptors (Lipinski definition) is 16. The number of hydrogen-bond donors (Lipinski definition) is 8. The van der Waals surface area contributed by atoms with E-state index in [2.05, 4.69) is 0 Å². The lowest BCUT2D eigenvalue weighted by atomic mass is 10.5. The van der Waals surface area contributed by atoms with Gasteiger partial charge in [-0.3, -0.25) is 0 Å². The van der Waals surface area contributed by atoms with Crippen LogP contribution in [0.3, 0.4) is 0 Å². The lowest BCUT2D eigenvalue weighted by Crippen LogP contribution is -2.46. The van der Waals surface area contributed by atoms with E-state index >= 15 is 0 Å². The SMILES string of the molecule is C.C.C.C.C.C.C.C.CCO[Si](CCCN)(OCC)OCC.CCO[Si](CCCN)(OCC)OCC.CCO[Si](O)(CCCN)OCC.NCCC[Si](O)(O)O. The average Bonchev–Trinajstić information content (AvgIpc) is 3.02. The van der Waals surface area contributed by atoms with Gasteiger partial charge in [-0.05, 0) is 107 Å². The van der Waals surface area contributed by atoms with E-state index in [4.69, 9.17) is 72.7 Å². The summed E-state index contributed by atoms with van der Waals surface area (Å²) in [7, 11) is -11.4. The zero-order valence-corrected chi connectivity index (χ0v) is 35.5. The summed E-state index contributed by atoms with van der Waals surface area (Å²) in [5, 5.41) is 0. The number of nitrogens with two attached hydrogens (primary N) is 4. The second kappa shape index (κ2) is 59.5. The van der Waals surface area contributed by atoms with Crippen LogP contribution >= 0.6 is 0 Å². The van der Waals surface area contributed by atoms with E-state index in [1.165, 1.54) is 0 Å². The van der Waals surface area contributed by atoms with Crippen LogP contribution in [0.5, 0.6) is 0 Å². The van der Waals surface area contributed by atoms with Crippen LogP contribution in [0.1, 0.15) is 140 Å². The monoisotopic (exact) mass is 901 g/mol. The molecule has 56 heavy (non-hydrogen) atoms. The molecule has 0 amide bonds. The molecule has 0 heterocycles. The molecular formula is C36H108N4O12Si4. The van der Waals surface area contributed by atoms with Crippen molar-refractivity contribution in [1.29, 1.82) is 0 Å². The lowest BCUT2D eigenvalue weighted by Gasteiger charge is -2.28. The summed E-state index contributed by atoms with van der Waals surface area (Å²) in [6, 6.07) is 2.24. The van der Waals surface area contributed by atoms with Crippen molar-refractivity contribution in [2.45, 2.75) is 165 Å². The fourth-order valence-electron chi connectivity index (χ4n) is 3.94. The zero-order valence-electron chi connectivity index (χ0n) is 31.5. The Labute approximate surface area is 355 Å². The molecule has 0 atom stereocenters. The van der Waals surface area contributed by atoms with Gasteiger partial charge in [0.1, 0.15) is 0 Å². The van der Waals surface area contributed by atoms with Crippen LogP contribution in [0.25, 0.3) is 0 Å². The number of rotatable bonds is 28. The lowest BCUT2D eigenvalue weighted by molar-refractivity contribution is 0.0702. The minimum atomic E-state index is -3.76. The first-order valence-corrected chi connectivity index (χ1v) is 25.4. The van der Waals surface area contributed by atoms with Gasteiger partial charge in [0.15, 0.2) is 0 Å². The minimum absolute atomic E-state index is 0. The van der Waals surface area contributed by atoms with E-state index in [1.54, 1.807) is 0 Å². The van der Waals surface area contributed by atoms with Crippen LogP contribution in [0, 0.1) is 0 Å². The third-order valence-corrected chi connectivity index (χ3v) is 15.5. The van der Waals surface area contributed by atoms with E-state index < -0.39 is 35.2 Å². The summed E-state index contributed by atoms with van der Waals surface area (Å²) >= 11 is 0. The van der Waals surface area contributed by atoms with E-state index in [1.807, 2.05) is 55.4 Å². The zero-order chi connectivity index (χ0) is 37.8. The Kier molecular flexibility index (Phi) is 93.2. The normalized spacial score (nSPS) is 10.3. The van der Waals surface area contributed by atoms with Gasteiger partial charge in [-0.2, -0.15) is 0 Å². The predicted octanol–water partition coefficient (Wildman–Crippen LogP) is 6.45. The molecule has 16 nitrogen and oxygen atoms in total. The second-order valence-electron chi connectivity index (χ2n) is 9.89. The highest BCUT2D eigenvalue weighted by Crippen LogP contribution is 2.18. The highest BCUT2D eigenvalue weighted by atomic mass is 28.4. The third-order valence-electron chi connectivity index (χ3n) is 5.71. The fraction of sp³-hybridized carbons (Fsp3) is 1.00. The average molecular weight is 902 g/mol. The third kappa shape index (κ3) is 56.3. The first kappa shape index (κ1) is 87.7. The molecule has 0 unspecified atom stereocenters. The van der Waals surface area contributed by atoms with Crippen molar-refractivity contribution in [2.24, 2.45) is 22.9 Å². The van der Waals surface area contributed by atoms with Gasteiger partial charge in [0.2, 0.25) is 0 Å². The van der Waals surface area contributed by atoms with Gasteiger partial charge in [-0.25, -0.2) is 0 Å². The summed E-state index contributed by atoms with van der Waals surface area (Å²) in [6.45, 7) is 22.5. The van der Waals surface area contributed by atoms with Gasteiger partial charge in [0.25, 0.3) is 0 Å². The summed E-state index contributed by atoms with van der Waals surface area (Å²) in [4.78, 5) is 34.8. The van der Waals surface area contributed by atoms with Crippen molar-refractivity contribution in [3.63, 3.8) is 0 Å².